The van der Waals surface area contributed by atoms with Gasteiger partial charge < -0.3 is 10.6 Å². The van der Waals surface area contributed by atoms with Crippen LogP contribution in [0.2, 0.25) is 0 Å². The number of nitrogens with one attached hydrogen (secondary N) is 2. The first-order valence-electron chi connectivity index (χ1n) is 5.74. The molecule has 2 nitrogen and oxygen atoms in total. The molecule has 0 saturated heterocycles. The molecule has 1 aromatic rings. The van der Waals surface area contributed by atoms with Crippen LogP contribution in [-0.4, -0.2) is 11.2 Å². The second-order valence-electron chi connectivity index (χ2n) is 4.13. The minimum Gasteiger partial charge on any atom is -0.361 e. The normalized spacial score (nSPS) is 12.5. The van der Waals surface area contributed by atoms with Crippen LogP contribution >= 0.6 is 23.6 Å². The Morgan fingerprint density at radius 1 is 1.44 bits per heavy atom. The molecule has 0 aliphatic rings. The molecule has 0 spiro atoms. The molecule has 90 valence electrons. The second kappa shape index (κ2) is 6.86. The third-order valence-electron chi connectivity index (χ3n) is 2.19. The Morgan fingerprint density at radius 2 is 2.19 bits per heavy atom. The highest BCUT2D eigenvalue weighted by atomic mass is 32.1. The molecule has 1 aromatic heterocycles. The highest BCUT2D eigenvalue weighted by Crippen LogP contribution is 2.22. The van der Waals surface area contributed by atoms with Crippen LogP contribution < -0.4 is 10.6 Å². The van der Waals surface area contributed by atoms with E-state index in [2.05, 4.69) is 48.9 Å². The number of hydrogen-bond acceptors (Lipinski definition) is 2. The van der Waals surface area contributed by atoms with Crippen LogP contribution in [-0.2, 0) is 0 Å². The Kier molecular flexibility index (Phi) is 5.77. The van der Waals surface area contributed by atoms with Crippen LogP contribution in [0.25, 0.3) is 0 Å². The standard InChI is InChI=1S/C12H20N2S2/c1-4-6-10(11-7-5-8-16-11)14-12(15)13-9(2)3/h5,7-10H,4,6H2,1-3H3,(H2,13,14,15). The van der Waals surface area contributed by atoms with E-state index in [0.717, 1.165) is 18.0 Å². The van der Waals surface area contributed by atoms with Crippen LogP contribution in [0.4, 0.5) is 0 Å². The zero-order valence-electron chi connectivity index (χ0n) is 10.1. The molecule has 1 atom stereocenters. The Morgan fingerprint density at radius 3 is 2.69 bits per heavy atom. The molecule has 2 N–H and O–H groups in total. The van der Waals surface area contributed by atoms with Gasteiger partial charge in [-0.2, -0.15) is 0 Å². The van der Waals surface area contributed by atoms with Gasteiger partial charge in [-0.05, 0) is 43.9 Å². The zero-order valence-corrected chi connectivity index (χ0v) is 11.8. The predicted molar refractivity (Wildman–Crippen MR) is 76.0 cm³/mol. The summed E-state index contributed by atoms with van der Waals surface area (Å²) in [6.45, 7) is 6.38. The van der Waals surface area contributed by atoms with Gasteiger partial charge >= 0.3 is 0 Å². The minimum absolute atomic E-state index is 0.351. The van der Waals surface area contributed by atoms with Crippen molar-refractivity contribution < 1.29 is 0 Å². The maximum atomic E-state index is 5.28. The lowest BCUT2D eigenvalue weighted by molar-refractivity contribution is 0.576. The smallest absolute Gasteiger partial charge is 0.167 e. The average Bonchev–Trinajstić information content (AvgIpc) is 2.68. The maximum Gasteiger partial charge on any atom is 0.167 e. The first kappa shape index (κ1) is 13.5. The van der Waals surface area contributed by atoms with E-state index in [4.69, 9.17) is 12.2 Å². The van der Waals surface area contributed by atoms with Crippen molar-refractivity contribution in [2.24, 2.45) is 0 Å². The van der Waals surface area contributed by atoms with Gasteiger partial charge in [0.2, 0.25) is 0 Å². The van der Waals surface area contributed by atoms with E-state index in [0.29, 0.717) is 12.1 Å². The summed E-state index contributed by atoms with van der Waals surface area (Å²) in [5.41, 5.74) is 0. The van der Waals surface area contributed by atoms with Gasteiger partial charge in [-0.1, -0.05) is 19.4 Å². The Hall–Kier alpha value is -0.610. The van der Waals surface area contributed by atoms with Crippen molar-refractivity contribution >= 4 is 28.7 Å². The molecule has 0 fully saturated rings. The Labute approximate surface area is 107 Å². The third kappa shape index (κ3) is 4.49. The molecular formula is C12H20N2S2. The van der Waals surface area contributed by atoms with E-state index in [1.165, 1.54) is 4.88 Å². The van der Waals surface area contributed by atoms with E-state index < -0.39 is 0 Å². The molecule has 0 radical (unpaired) electrons. The summed E-state index contributed by atoms with van der Waals surface area (Å²) in [5.74, 6) is 0. The summed E-state index contributed by atoms with van der Waals surface area (Å²) >= 11 is 7.06. The van der Waals surface area contributed by atoms with E-state index >= 15 is 0 Å². The Balaban J connectivity index is 2.55. The molecule has 1 heterocycles. The van der Waals surface area contributed by atoms with Crippen LogP contribution in [0.1, 0.15) is 44.5 Å². The molecule has 0 amide bonds. The van der Waals surface area contributed by atoms with Crippen molar-refractivity contribution in [1.29, 1.82) is 0 Å². The van der Waals surface area contributed by atoms with Crippen LogP contribution in [0.5, 0.6) is 0 Å². The highest BCUT2D eigenvalue weighted by molar-refractivity contribution is 7.80. The van der Waals surface area contributed by atoms with Crippen molar-refractivity contribution in [2.75, 3.05) is 0 Å². The van der Waals surface area contributed by atoms with Gasteiger partial charge in [-0.15, -0.1) is 11.3 Å². The van der Waals surface area contributed by atoms with Crippen LogP contribution in [0, 0.1) is 0 Å². The van der Waals surface area contributed by atoms with Crippen molar-refractivity contribution in [3.05, 3.63) is 22.4 Å². The molecule has 0 bridgehead atoms. The molecule has 0 saturated carbocycles. The van der Waals surface area contributed by atoms with E-state index in [9.17, 15) is 0 Å². The average molecular weight is 256 g/mol. The van der Waals surface area contributed by atoms with Crippen molar-refractivity contribution in [1.82, 2.24) is 10.6 Å². The first-order chi connectivity index (χ1) is 7.63. The van der Waals surface area contributed by atoms with Gasteiger partial charge in [-0.3, -0.25) is 0 Å². The van der Waals surface area contributed by atoms with E-state index in [1.54, 1.807) is 11.3 Å². The topological polar surface area (TPSA) is 24.1 Å². The largest absolute Gasteiger partial charge is 0.361 e. The van der Waals surface area contributed by atoms with Crippen molar-refractivity contribution in [2.45, 2.75) is 45.7 Å². The maximum absolute atomic E-state index is 5.28. The number of thiocarbonyl (C=S) groups is 1. The zero-order chi connectivity index (χ0) is 12.0. The van der Waals surface area contributed by atoms with Crippen LogP contribution in [0.15, 0.2) is 17.5 Å². The summed E-state index contributed by atoms with van der Waals surface area (Å²) in [5, 5.41) is 9.46. The van der Waals surface area contributed by atoms with Gasteiger partial charge in [0.1, 0.15) is 0 Å². The minimum atomic E-state index is 0.351. The molecule has 1 unspecified atom stereocenters. The summed E-state index contributed by atoms with van der Waals surface area (Å²) in [4.78, 5) is 1.36. The lowest BCUT2D eigenvalue weighted by Crippen LogP contribution is -2.40. The second-order valence-corrected chi connectivity index (χ2v) is 5.52. The van der Waals surface area contributed by atoms with Gasteiger partial charge in [0.05, 0.1) is 6.04 Å². The fourth-order valence-corrected chi connectivity index (χ4v) is 2.72. The number of hydrogen-bond donors (Lipinski definition) is 2. The fraction of sp³-hybridized carbons (Fsp3) is 0.583. The number of rotatable bonds is 5. The van der Waals surface area contributed by atoms with Crippen molar-refractivity contribution in [3.8, 4) is 0 Å². The third-order valence-corrected chi connectivity index (χ3v) is 3.41. The lowest BCUT2D eigenvalue weighted by Gasteiger charge is -2.20. The fourth-order valence-electron chi connectivity index (χ4n) is 1.53. The van der Waals surface area contributed by atoms with E-state index in [-0.39, 0.29) is 0 Å². The summed E-state index contributed by atoms with van der Waals surface area (Å²) in [7, 11) is 0. The summed E-state index contributed by atoms with van der Waals surface area (Å²) in [6.07, 6.45) is 2.26. The molecule has 0 aromatic carbocycles. The monoisotopic (exact) mass is 256 g/mol. The SMILES string of the molecule is CCCC(NC(=S)NC(C)C)c1cccs1. The predicted octanol–water partition coefficient (Wildman–Crippen LogP) is 3.46. The molecule has 1 rings (SSSR count). The van der Waals surface area contributed by atoms with Gasteiger partial charge in [0.25, 0.3) is 0 Å². The lowest BCUT2D eigenvalue weighted by atomic mass is 10.1. The molecule has 4 heteroatoms. The highest BCUT2D eigenvalue weighted by Gasteiger charge is 2.12. The summed E-state index contributed by atoms with van der Waals surface area (Å²) < 4.78 is 0. The van der Waals surface area contributed by atoms with Gasteiger partial charge in [0, 0.05) is 10.9 Å². The quantitative estimate of drug-likeness (QED) is 0.789. The van der Waals surface area contributed by atoms with Crippen LogP contribution in [0.3, 0.4) is 0 Å². The first-order valence-corrected chi connectivity index (χ1v) is 7.02. The molecular weight excluding hydrogens is 236 g/mol. The van der Waals surface area contributed by atoms with Gasteiger partial charge in [0.15, 0.2) is 5.11 Å². The number of thiophene rings is 1. The Bertz CT molecular complexity index is 307. The summed E-state index contributed by atoms with van der Waals surface area (Å²) in [6, 6.07) is 4.98. The van der Waals surface area contributed by atoms with Crippen molar-refractivity contribution in [3.63, 3.8) is 0 Å². The molecule has 16 heavy (non-hydrogen) atoms. The molecule has 0 aliphatic heterocycles. The molecule has 0 aliphatic carbocycles. The van der Waals surface area contributed by atoms with Gasteiger partial charge in [-0.25, -0.2) is 0 Å². The van der Waals surface area contributed by atoms with E-state index in [1.807, 2.05) is 0 Å².